The molecule has 0 heterocycles. The lowest BCUT2D eigenvalue weighted by molar-refractivity contribution is 0.284. The highest BCUT2D eigenvalue weighted by atomic mass is 35.5. The third-order valence-corrected chi connectivity index (χ3v) is 12.9. The number of aryl methyl sites for hydroxylation is 1. The van der Waals surface area contributed by atoms with Gasteiger partial charge in [0.15, 0.2) is 18.2 Å². The van der Waals surface area contributed by atoms with Gasteiger partial charge in [-0.2, -0.15) is 0 Å². The molecule has 0 fully saturated rings. The lowest BCUT2D eigenvalue weighted by Crippen LogP contribution is -2.42. The normalized spacial score (nSPS) is 12.8. The largest absolute Gasteiger partial charge is 0.416 e. The summed E-state index contributed by atoms with van der Waals surface area (Å²) in [6.45, 7) is 12.3. The van der Waals surface area contributed by atoms with E-state index >= 15 is 0 Å². The first-order chi connectivity index (χ1) is 14.5. The molecular formula is C25H37ClO3SSi. The predicted molar refractivity (Wildman–Crippen MR) is 134 cm³/mol. The summed E-state index contributed by atoms with van der Waals surface area (Å²) in [6.07, 6.45) is 4.64. The molecule has 0 aliphatic rings. The number of hydrogen-bond acceptors (Lipinski definition) is 3. The number of benzene rings is 2. The minimum absolute atomic E-state index is 0.136. The molecule has 0 amide bonds. The Balaban J connectivity index is 1.81. The minimum Gasteiger partial charge on any atom is -0.416 e. The van der Waals surface area contributed by atoms with Gasteiger partial charge in [-0.1, -0.05) is 63.1 Å². The van der Waals surface area contributed by atoms with Crippen LogP contribution in [0.2, 0.25) is 23.2 Å². The van der Waals surface area contributed by atoms with Gasteiger partial charge >= 0.3 is 0 Å². The summed E-state index contributed by atoms with van der Waals surface area (Å²) in [7, 11) is -5.02. The highest BCUT2D eigenvalue weighted by Crippen LogP contribution is 2.42. The maximum Gasteiger partial charge on any atom is 0.192 e. The Labute approximate surface area is 195 Å². The lowest BCUT2D eigenvalue weighted by atomic mass is 10.1. The number of halogens is 1. The molecule has 0 aliphatic carbocycles. The fourth-order valence-corrected chi connectivity index (χ4v) is 6.94. The molecule has 0 N–H and O–H groups in total. The van der Waals surface area contributed by atoms with Gasteiger partial charge in [0, 0.05) is 11.6 Å². The zero-order valence-corrected chi connectivity index (χ0v) is 22.2. The zero-order valence-electron chi connectivity index (χ0n) is 19.6. The Kier molecular flexibility index (Phi) is 9.37. The molecule has 0 bridgehead atoms. The molecule has 3 nitrogen and oxygen atoms in total. The molecule has 0 atom stereocenters. The summed E-state index contributed by atoms with van der Waals surface area (Å²) in [5.41, 5.74) is 2.42. The highest BCUT2D eigenvalue weighted by molar-refractivity contribution is 7.91. The Morgan fingerprint density at radius 3 is 2.03 bits per heavy atom. The van der Waals surface area contributed by atoms with Crippen LogP contribution in [0.4, 0.5) is 0 Å². The molecule has 0 aliphatic heterocycles. The van der Waals surface area contributed by atoms with E-state index in [1.165, 1.54) is 18.4 Å². The molecule has 0 unspecified atom stereocenters. The van der Waals surface area contributed by atoms with Gasteiger partial charge in [0.05, 0.1) is 10.6 Å². The van der Waals surface area contributed by atoms with E-state index in [-0.39, 0.29) is 10.8 Å². The Hall–Kier alpha value is -1.14. The maximum atomic E-state index is 12.4. The number of hydrogen-bond donors (Lipinski definition) is 0. The molecular weight excluding hydrogens is 444 g/mol. The molecule has 0 radical (unpaired) electrons. The van der Waals surface area contributed by atoms with E-state index in [0.717, 1.165) is 25.0 Å². The first-order valence-electron chi connectivity index (χ1n) is 11.2. The van der Waals surface area contributed by atoms with Crippen LogP contribution in [-0.2, 0) is 27.1 Å². The average Bonchev–Trinajstić information content (AvgIpc) is 2.69. The molecule has 2 rings (SSSR count). The van der Waals surface area contributed by atoms with Gasteiger partial charge in [0.25, 0.3) is 0 Å². The summed E-state index contributed by atoms with van der Waals surface area (Å²) in [5, 5.41) is 0.817. The average molecular weight is 481 g/mol. The van der Waals surface area contributed by atoms with Crippen LogP contribution in [0, 0.1) is 0 Å². The van der Waals surface area contributed by atoms with E-state index in [0.29, 0.717) is 16.3 Å². The summed E-state index contributed by atoms with van der Waals surface area (Å²) < 4.78 is 31.3. The van der Waals surface area contributed by atoms with E-state index in [2.05, 4.69) is 58.1 Å². The predicted octanol–water partition coefficient (Wildman–Crippen LogP) is 7.09. The van der Waals surface area contributed by atoms with Crippen molar-refractivity contribution in [3.63, 3.8) is 0 Å². The summed E-state index contributed by atoms with van der Waals surface area (Å²) in [4.78, 5) is 0.334. The van der Waals surface area contributed by atoms with Gasteiger partial charge in [0.2, 0.25) is 0 Å². The molecule has 2 aromatic rings. The molecule has 2 aromatic carbocycles. The maximum absolute atomic E-state index is 12.4. The van der Waals surface area contributed by atoms with E-state index in [4.69, 9.17) is 16.0 Å². The molecule has 0 saturated carbocycles. The number of rotatable bonds is 12. The van der Waals surface area contributed by atoms with E-state index in [1.807, 2.05) is 0 Å². The van der Waals surface area contributed by atoms with Crippen LogP contribution in [0.3, 0.4) is 0 Å². The van der Waals surface area contributed by atoms with Crippen molar-refractivity contribution in [2.45, 2.75) is 75.9 Å². The third kappa shape index (κ3) is 7.74. The second kappa shape index (κ2) is 11.1. The topological polar surface area (TPSA) is 43.4 Å². The molecule has 0 spiro atoms. The van der Waals surface area contributed by atoms with Crippen molar-refractivity contribution >= 4 is 29.8 Å². The quantitative estimate of drug-likeness (QED) is 0.304. The SMILES string of the molecule is CCCC(C)(C)[Si](C)(C)OCCc1ccc(CCCS(=O)(=O)c2ccc(Cl)cc2)cc1. The second-order valence-electron chi connectivity index (χ2n) is 9.44. The van der Waals surface area contributed by atoms with Gasteiger partial charge in [-0.3, -0.25) is 0 Å². The van der Waals surface area contributed by atoms with Gasteiger partial charge in [0.1, 0.15) is 0 Å². The number of sulfone groups is 1. The first kappa shape index (κ1) is 26.1. The van der Waals surface area contributed by atoms with Crippen molar-refractivity contribution in [3.05, 3.63) is 64.7 Å². The van der Waals surface area contributed by atoms with E-state index in [9.17, 15) is 8.42 Å². The monoisotopic (exact) mass is 480 g/mol. The van der Waals surface area contributed by atoms with Crippen LogP contribution < -0.4 is 0 Å². The minimum atomic E-state index is -3.27. The van der Waals surface area contributed by atoms with E-state index < -0.39 is 18.2 Å². The highest BCUT2D eigenvalue weighted by Gasteiger charge is 2.39. The van der Waals surface area contributed by atoms with Crippen LogP contribution in [0.15, 0.2) is 53.4 Å². The molecule has 0 saturated heterocycles. The van der Waals surface area contributed by atoms with Crippen molar-refractivity contribution in [1.82, 2.24) is 0 Å². The molecule has 6 heteroatoms. The summed E-state index contributed by atoms with van der Waals surface area (Å²) >= 11 is 5.84. The lowest BCUT2D eigenvalue weighted by Gasteiger charge is -2.39. The van der Waals surface area contributed by atoms with Crippen LogP contribution in [0.5, 0.6) is 0 Å². The van der Waals surface area contributed by atoms with Gasteiger partial charge in [-0.25, -0.2) is 8.42 Å². The third-order valence-electron chi connectivity index (χ3n) is 6.43. The fraction of sp³-hybridized carbons (Fsp3) is 0.520. The van der Waals surface area contributed by atoms with Gasteiger partial charge < -0.3 is 4.43 Å². The van der Waals surface area contributed by atoms with Gasteiger partial charge in [-0.15, -0.1) is 0 Å². The van der Waals surface area contributed by atoms with Crippen LogP contribution in [0.1, 0.15) is 51.2 Å². The summed E-state index contributed by atoms with van der Waals surface area (Å²) in [5.74, 6) is 0.136. The van der Waals surface area contributed by atoms with Crippen LogP contribution >= 0.6 is 11.6 Å². The molecule has 0 aromatic heterocycles. The van der Waals surface area contributed by atoms with Gasteiger partial charge in [-0.05, 0) is 79.2 Å². The van der Waals surface area contributed by atoms with Crippen molar-refractivity contribution in [3.8, 4) is 0 Å². The Morgan fingerprint density at radius 2 is 1.48 bits per heavy atom. The van der Waals surface area contributed by atoms with Crippen molar-refractivity contribution in [2.24, 2.45) is 0 Å². The molecule has 172 valence electrons. The summed E-state index contributed by atoms with van der Waals surface area (Å²) in [6, 6.07) is 14.9. The standard InChI is InChI=1S/C25H37ClO3SSi/c1-6-18-25(2,3)31(4,5)29-19-17-22-11-9-21(10-12-22)8-7-20-30(27,28)24-15-13-23(26)14-16-24/h9-16H,6-8,17-20H2,1-5H3. The smallest absolute Gasteiger partial charge is 0.192 e. The first-order valence-corrected chi connectivity index (χ1v) is 16.1. The molecule has 31 heavy (non-hydrogen) atoms. The van der Waals surface area contributed by atoms with Crippen LogP contribution in [0.25, 0.3) is 0 Å². The van der Waals surface area contributed by atoms with Crippen molar-refractivity contribution in [1.29, 1.82) is 0 Å². The fourth-order valence-electron chi connectivity index (χ4n) is 3.64. The van der Waals surface area contributed by atoms with E-state index in [1.54, 1.807) is 24.3 Å². The van der Waals surface area contributed by atoms with Crippen molar-refractivity contribution in [2.75, 3.05) is 12.4 Å². The van der Waals surface area contributed by atoms with Crippen LogP contribution in [-0.4, -0.2) is 29.1 Å². The Bertz CT molecular complexity index is 920. The van der Waals surface area contributed by atoms with Crippen molar-refractivity contribution < 1.29 is 12.8 Å². The second-order valence-corrected chi connectivity index (χ2v) is 16.6. The Morgan fingerprint density at radius 1 is 0.935 bits per heavy atom. The zero-order chi connectivity index (χ0) is 23.1.